The highest BCUT2D eigenvalue weighted by Crippen LogP contribution is 2.18. The quantitative estimate of drug-likeness (QED) is 0.372. The Morgan fingerprint density at radius 3 is 2.54 bits per heavy atom. The Balaban J connectivity index is 0.00000243. The van der Waals surface area contributed by atoms with Crippen molar-refractivity contribution in [3.63, 3.8) is 0 Å². The maximum atomic E-state index is 12.8. The van der Waals surface area contributed by atoms with Gasteiger partial charge in [0, 0.05) is 28.9 Å². The molecule has 0 N–H and O–H groups in total. The molecule has 26 heavy (non-hydrogen) atoms. The van der Waals surface area contributed by atoms with Crippen LogP contribution in [0.4, 0.5) is 0 Å². The molecule has 0 unspecified atom stereocenters. The second-order valence-corrected chi connectivity index (χ2v) is 7.69. The molecule has 0 fully saturated rings. The molecule has 0 atom stereocenters. The summed E-state index contributed by atoms with van der Waals surface area (Å²) in [5.74, 6) is 1.04. The summed E-state index contributed by atoms with van der Waals surface area (Å²) in [6, 6.07) is 19.6. The van der Waals surface area contributed by atoms with Crippen molar-refractivity contribution in [2.24, 2.45) is 0 Å². The summed E-state index contributed by atoms with van der Waals surface area (Å²) in [5, 5.41) is 3.08. The summed E-state index contributed by atoms with van der Waals surface area (Å²) in [6.07, 6.45) is 2.75. The second-order valence-electron chi connectivity index (χ2n) is 5.54. The van der Waals surface area contributed by atoms with Crippen LogP contribution in [0.25, 0.3) is 0 Å². The van der Waals surface area contributed by atoms with E-state index in [9.17, 15) is 4.79 Å². The number of hydrogen-bond donors (Lipinski definition) is 0. The minimum absolute atomic E-state index is 0. The van der Waals surface area contributed by atoms with Gasteiger partial charge in [0.05, 0.1) is 11.6 Å². The molecule has 0 aliphatic heterocycles. The van der Waals surface area contributed by atoms with Gasteiger partial charge in [-0.3, -0.25) is 4.79 Å². The van der Waals surface area contributed by atoms with E-state index in [0.29, 0.717) is 6.54 Å². The van der Waals surface area contributed by atoms with E-state index in [0.717, 1.165) is 29.3 Å². The zero-order valence-corrected chi connectivity index (χ0v) is 16.7. The van der Waals surface area contributed by atoms with E-state index in [1.807, 2.05) is 65.7 Å². The number of carbonyl (C=O) groups excluding carboxylic acids is 1. The van der Waals surface area contributed by atoms with E-state index < -0.39 is 0 Å². The lowest BCUT2D eigenvalue weighted by Crippen LogP contribution is -2.31. The number of nitrogens with zero attached hydrogens (tertiary/aromatic N) is 2. The molecule has 0 saturated heterocycles. The summed E-state index contributed by atoms with van der Waals surface area (Å²) in [6.45, 7) is 1.41. The van der Waals surface area contributed by atoms with Crippen molar-refractivity contribution in [2.45, 2.75) is 18.0 Å². The molecule has 3 aromatic rings. The van der Waals surface area contributed by atoms with Crippen molar-refractivity contribution < 1.29 is 4.79 Å². The Bertz CT molecular complexity index is 767. The Kier molecular flexibility index (Phi) is 8.68. The molecule has 3 rings (SSSR count). The minimum Gasteiger partial charge on any atom is -0.333 e. The largest absolute Gasteiger partial charge is 0.333 e. The highest BCUT2D eigenvalue weighted by molar-refractivity contribution is 7.99. The number of carbonyl (C=O) groups is 1. The van der Waals surface area contributed by atoms with Crippen LogP contribution < -0.4 is 0 Å². The first-order chi connectivity index (χ1) is 12.3. The van der Waals surface area contributed by atoms with Gasteiger partial charge in [0.2, 0.25) is 0 Å². The molecule has 0 saturated carbocycles. The number of pyridine rings is 1. The van der Waals surface area contributed by atoms with Crippen LogP contribution in [-0.4, -0.2) is 28.1 Å². The first-order valence-corrected chi connectivity index (χ1v) is 10.1. The van der Waals surface area contributed by atoms with Crippen molar-refractivity contribution >= 4 is 41.4 Å². The zero-order chi connectivity index (χ0) is 17.3. The van der Waals surface area contributed by atoms with E-state index in [2.05, 4.69) is 16.4 Å². The van der Waals surface area contributed by atoms with E-state index in [1.165, 1.54) is 4.88 Å². The molecule has 1 amide bonds. The zero-order valence-electron chi connectivity index (χ0n) is 14.3. The third kappa shape index (κ3) is 6.16. The fraction of sp³-hybridized carbons (Fsp3) is 0.200. The van der Waals surface area contributed by atoms with Crippen LogP contribution in [-0.2, 0) is 6.54 Å². The van der Waals surface area contributed by atoms with Crippen LogP contribution in [0.5, 0.6) is 0 Å². The monoisotopic (exact) mass is 404 g/mol. The topological polar surface area (TPSA) is 33.2 Å². The van der Waals surface area contributed by atoms with Gasteiger partial charge in [-0.2, -0.15) is 0 Å². The van der Waals surface area contributed by atoms with Crippen molar-refractivity contribution in [3.8, 4) is 0 Å². The Morgan fingerprint density at radius 2 is 1.85 bits per heavy atom. The van der Waals surface area contributed by atoms with Gasteiger partial charge in [0.15, 0.2) is 0 Å². The first-order valence-electron chi connectivity index (χ1n) is 8.23. The number of benzene rings is 1. The van der Waals surface area contributed by atoms with Gasteiger partial charge >= 0.3 is 0 Å². The van der Waals surface area contributed by atoms with Crippen LogP contribution in [0.1, 0.15) is 21.7 Å². The Labute approximate surface area is 168 Å². The number of aromatic nitrogens is 1. The SMILES string of the molecule is Cl.O=C(c1ccccc1)N(CCCSc1ccccn1)Cc1cccs1. The number of hydrogen-bond acceptors (Lipinski definition) is 4. The predicted octanol–water partition coefficient (Wildman–Crippen LogP) is 5.39. The van der Waals surface area contributed by atoms with Crippen LogP contribution in [0.2, 0.25) is 0 Å². The molecular formula is C20H21ClN2OS2. The lowest BCUT2D eigenvalue weighted by molar-refractivity contribution is 0.0745. The summed E-state index contributed by atoms with van der Waals surface area (Å²) in [7, 11) is 0. The fourth-order valence-electron chi connectivity index (χ4n) is 2.47. The van der Waals surface area contributed by atoms with Crippen LogP contribution in [0.3, 0.4) is 0 Å². The summed E-state index contributed by atoms with van der Waals surface area (Å²) in [5.41, 5.74) is 0.747. The third-order valence-electron chi connectivity index (χ3n) is 3.69. The van der Waals surface area contributed by atoms with Gasteiger partial charge in [-0.1, -0.05) is 30.3 Å². The number of rotatable bonds is 8. The average molecular weight is 405 g/mol. The molecule has 0 aliphatic carbocycles. The molecule has 136 valence electrons. The Hall–Kier alpha value is -1.82. The van der Waals surface area contributed by atoms with Gasteiger partial charge in [-0.05, 0) is 42.1 Å². The predicted molar refractivity (Wildman–Crippen MR) is 112 cm³/mol. The van der Waals surface area contributed by atoms with Gasteiger partial charge in [-0.25, -0.2) is 4.98 Å². The van der Waals surface area contributed by atoms with Gasteiger partial charge in [0.25, 0.3) is 5.91 Å². The van der Waals surface area contributed by atoms with Gasteiger partial charge in [-0.15, -0.1) is 35.5 Å². The minimum atomic E-state index is 0. The first kappa shape index (κ1) is 20.5. The normalized spacial score (nSPS) is 10.2. The molecule has 1 aromatic carbocycles. The highest BCUT2D eigenvalue weighted by atomic mass is 35.5. The number of halogens is 1. The third-order valence-corrected chi connectivity index (χ3v) is 5.59. The van der Waals surface area contributed by atoms with Crippen molar-refractivity contribution in [1.82, 2.24) is 9.88 Å². The molecular weight excluding hydrogens is 384 g/mol. The van der Waals surface area contributed by atoms with E-state index in [4.69, 9.17) is 0 Å². The molecule has 0 spiro atoms. The number of amides is 1. The molecule has 6 heteroatoms. The standard InChI is InChI=1S/C20H20N2OS2.ClH/c23-20(17-8-2-1-3-9-17)22(16-18-10-6-14-24-18)13-7-15-25-19-11-4-5-12-21-19;/h1-6,8-12,14H,7,13,15-16H2;1H. The summed E-state index contributed by atoms with van der Waals surface area (Å²) >= 11 is 3.42. The lowest BCUT2D eigenvalue weighted by atomic mass is 10.2. The van der Waals surface area contributed by atoms with Crippen LogP contribution in [0, 0.1) is 0 Å². The number of thiophene rings is 1. The van der Waals surface area contributed by atoms with Crippen LogP contribution in [0.15, 0.2) is 77.3 Å². The Morgan fingerprint density at radius 1 is 1.04 bits per heavy atom. The molecule has 2 aromatic heterocycles. The molecule has 0 radical (unpaired) electrons. The smallest absolute Gasteiger partial charge is 0.254 e. The average Bonchev–Trinajstić information content (AvgIpc) is 3.18. The van der Waals surface area contributed by atoms with Gasteiger partial charge in [0.1, 0.15) is 0 Å². The second kappa shape index (κ2) is 11.0. The lowest BCUT2D eigenvalue weighted by Gasteiger charge is -2.22. The fourth-order valence-corrected chi connectivity index (χ4v) is 3.98. The molecule has 2 heterocycles. The van der Waals surface area contributed by atoms with Crippen molar-refractivity contribution in [1.29, 1.82) is 0 Å². The summed E-state index contributed by atoms with van der Waals surface area (Å²) in [4.78, 5) is 20.3. The summed E-state index contributed by atoms with van der Waals surface area (Å²) < 4.78 is 0. The van der Waals surface area contributed by atoms with E-state index in [-0.39, 0.29) is 18.3 Å². The maximum Gasteiger partial charge on any atom is 0.254 e. The van der Waals surface area contributed by atoms with Crippen molar-refractivity contribution in [2.75, 3.05) is 12.3 Å². The highest BCUT2D eigenvalue weighted by Gasteiger charge is 2.16. The van der Waals surface area contributed by atoms with E-state index in [1.54, 1.807) is 23.1 Å². The molecule has 0 aliphatic rings. The van der Waals surface area contributed by atoms with Gasteiger partial charge < -0.3 is 4.90 Å². The number of thioether (sulfide) groups is 1. The van der Waals surface area contributed by atoms with Crippen LogP contribution >= 0.6 is 35.5 Å². The molecule has 3 nitrogen and oxygen atoms in total. The van der Waals surface area contributed by atoms with Crippen molar-refractivity contribution in [3.05, 3.63) is 82.7 Å². The maximum absolute atomic E-state index is 12.8. The van der Waals surface area contributed by atoms with E-state index >= 15 is 0 Å². The molecule has 0 bridgehead atoms.